The maximum absolute atomic E-state index is 9.20. The van der Waals surface area contributed by atoms with E-state index < -0.39 is 0 Å². The maximum Gasteiger partial charge on any atom is 0.222 e. The lowest BCUT2D eigenvalue weighted by Crippen LogP contribution is -2.42. The summed E-state index contributed by atoms with van der Waals surface area (Å²) >= 11 is 1.48. The second-order valence-corrected chi connectivity index (χ2v) is 5.05. The molecule has 0 bridgehead atoms. The van der Waals surface area contributed by atoms with Crippen LogP contribution in [0.25, 0.3) is 0 Å². The fourth-order valence-corrected chi connectivity index (χ4v) is 3.11. The van der Waals surface area contributed by atoms with E-state index in [0.29, 0.717) is 6.04 Å². The molecule has 2 aliphatic heterocycles. The van der Waals surface area contributed by atoms with Gasteiger partial charge in [0.05, 0.1) is 12.0 Å². The van der Waals surface area contributed by atoms with Crippen LogP contribution in [0.2, 0.25) is 0 Å². The number of rotatable bonds is 1. The lowest BCUT2D eigenvalue weighted by Gasteiger charge is -2.34. The molecule has 1 N–H and O–H groups in total. The Balaban J connectivity index is 1.73. The first-order chi connectivity index (χ1) is 7.33. The van der Waals surface area contributed by atoms with E-state index in [1.165, 1.54) is 30.7 Å². The van der Waals surface area contributed by atoms with E-state index in [1.54, 1.807) is 5.38 Å². The lowest BCUT2D eigenvalue weighted by molar-refractivity contribution is -0.0503. The van der Waals surface area contributed by atoms with E-state index in [4.69, 9.17) is 4.74 Å². The monoisotopic (exact) mass is 226 g/mol. The largest absolute Gasteiger partial charge is 0.493 e. The van der Waals surface area contributed by atoms with Gasteiger partial charge in [0.15, 0.2) is 0 Å². The Morgan fingerprint density at radius 3 is 3.33 bits per heavy atom. The molecule has 2 unspecified atom stereocenters. The summed E-state index contributed by atoms with van der Waals surface area (Å²) in [5.74, 6) is 0.113. The van der Waals surface area contributed by atoms with Crippen LogP contribution in [-0.4, -0.2) is 40.7 Å². The lowest BCUT2D eigenvalue weighted by atomic mass is 10.2. The van der Waals surface area contributed by atoms with Crippen LogP contribution in [0, 0.1) is 0 Å². The molecular weight excluding hydrogens is 212 g/mol. The van der Waals surface area contributed by atoms with Crippen LogP contribution in [0.5, 0.6) is 5.88 Å². The highest BCUT2D eigenvalue weighted by molar-refractivity contribution is 7.09. The Morgan fingerprint density at radius 1 is 1.60 bits per heavy atom. The molecule has 0 aliphatic carbocycles. The Kier molecular flexibility index (Phi) is 2.38. The summed E-state index contributed by atoms with van der Waals surface area (Å²) in [4.78, 5) is 6.55. The average Bonchev–Trinajstić information content (AvgIpc) is 2.84. The second kappa shape index (κ2) is 3.73. The summed E-state index contributed by atoms with van der Waals surface area (Å²) in [6.07, 6.45) is 2.60. The van der Waals surface area contributed by atoms with Crippen LogP contribution >= 0.6 is 11.3 Å². The van der Waals surface area contributed by atoms with E-state index in [0.717, 1.165) is 18.2 Å². The molecule has 3 heterocycles. The van der Waals surface area contributed by atoms with Gasteiger partial charge >= 0.3 is 0 Å². The Hall–Kier alpha value is -0.650. The fourth-order valence-electron chi connectivity index (χ4n) is 2.39. The minimum absolute atomic E-state index is 0.0604. The van der Waals surface area contributed by atoms with Gasteiger partial charge in [-0.1, -0.05) is 0 Å². The van der Waals surface area contributed by atoms with Crippen molar-refractivity contribution in [1.82, 2.24) is 9.88 Å². The highest BCUT2D eigenvalue weighted by atomic mass is 32.1. The highest BCUT2D eigenvalue weighted by Gasteiger charge is 2.33. The third kappa shape index (κ3) is 1.75. The first kappa shape index (κ1) is 9.57. The van der Waals surface area contributed by atoms with Crippen molar-refractivity contribution < 1.29 is 9.84 Å². The molecule has 15 heavy (non-hydrogen) atoms. The molecule has 2 atom stereocenters. The van der Waals surface area contributed by atoms with Gasteiger partial charge in [0.25, 0.3) is 0 Å². The first-order valence-electron chi connectivity index (χ1n) is 5.33. The molecule has 3 rings (SSSR count). The number of nitrogens with zero attached hydrogens (tertiary/aromatic N) is 2. The number of hydrogen-bond donors (Lipinski definition) is 1. The summed E-state index contributed by atoms with van der Waals surface area (Å²) < 4.78 is 5.79. The number of thiazole rings is 1. The summed E-state index contributed by atoms with van der Waals surface area (Å²) in [7, 11) is 0. The van der Waals surface area contributed by atoms with Crippen molar-refractivity contribution in [2.75, 3.05) is 19.7 Å². The summed E-state index contributed by atoms with van der Waals surface area (Å²) in [5, 5.41) is 11.8. The van der Waals surface area contributed by atoms with Crippen molar-refractivity contribution in [3.63, 3.8) is 0 Å². The van der Waals surface area contributed by atoms with Gasteiger partial charge in [-0.05, 0) is 19.4 Å². The van der Waals surface area contributed by atoms with Crippen molar-refractivity contribution in [2.24, 2.45) is 0 Å². The van der Waals surface area contributed by atoms with E-state index in [-0.39, 0.29) is 12.0 Å². The topological polar surface area (TPSA) is 45.6 Å². The summed E-state index contributed by atoms with van der Waals surface area (Å²) in [6, 6.07) is 0.620. The minimum Gasteiger partial charge on any atom is -0.493 e. The number of hydrogen-bond acceptors (Lipinski definition) is 5. The van der Waals surface area contributed by atoms with Gasteiger partial charge in [-0.25, -0.2) is 4.98 Å². The third-order valence-corrected chi connectivity index (χ3v) is 4.10. The Bertz CT molecular complexity index is 355. The van der Waals surface area contributed by atoms with Crippen LogP contribution in [-0.2, 0) is 4.74 Å². The molecule has 0 spiro atoms. The molecule has 4 nitrogen and oxygen atoms in total. The van der Waals surface area contributed by atoms with Crippen LogP contribution in [0.4, 0.5) is 0 Å². The minimum atomic E-state index is 0.0604. The predicted octanol–water partition coefficient (Wildman–Crippen LogP) is 1.38. The number of ether oxygens (including phenoxy) is 1. The van der Waals surface area contributed by atoms with Gasteiger partial charge in [-0.3, -0.25) is 4.90 Å². The van der Waals surface area contributed by atoms with Crippen molar-refractivity contribution in [3.05, 3.63) is 10.4 Å². The second-order valence-electron chi connectivity index (χ2n) is 4.16. The van der Waals surface area contributed by atoms with Crippen LogP contribution < -0.4 is 0 Å². The molecule has 1 aromatic rings. The zero-order valence-corrected chi connectivity index (χ0v) is 9.24. The van der Waals surface area contributed by atoms with E-state index in [2.05, 4.69) is 9.88 Å². The highest BCUT2D eigenvalue weighted by Crippen LogP contribution is 2.32. The SMILES string of the molecule is Oc1csc(C2CN3CCCC3CO2)n1. The van der Waals surface area contributed by atoms with Crippen LogP contribution in [0.1, 0.15) is 24.0 Å². The van der Waals surface area contributed by atoms with Gasteiger partial charge in [0, 0.05) is 12.6 Å². The third-order valence-electron chi connectivity index (χ3n) is 3.17. The maximum atomic E-state index is 9.20. The number of aromatic nitrogens is 1. The number of aromatic hydroxyl groups is 1. The van der Waals surface area contributed by atoms with Crippen LogP contribution in [0.3, 0.4) is 0 Å². The molecule has 5 heteroatoms. The van der Waals surface area contributed by atoms with Gasteiger partial charge < -0.3 is 9.84 Å². The van der Waals surface area contributed by atoms with Gasteiger partial charge in [0.1, 0.15) is 11.1 Å². The zero-order valence-electron chi connectivity index (χ0n) is 8.43. The molecule has 2 aliphatic rings. The number of fused-ring (bicyclic) bond motifs is 1. The zero-order chi connectivity index (χ0) is 10.3. The van der Waals surface area contributed by atoms with E-state index >= 15 is 0 Å². The fraction of sp³-hybridized carbons (Fsp3) is 0.700. The smallest absolute Gasteiger partial charge is 0.222 e. The van der Waals surface area contributed by atoms with E-state index in [1.807, 2.05) is 0 Å². The molecule has 0 aromatic carbocycles. The average molecular weight is 226 g/mol. The molecule has 0 amide bonds. The standard InChI is InChI=1S/C10H14N2O2S/c13-9-6-15-10(11-9)8-4-12-3-1-2-7(12)5-14-8/h6-8,13H,1-5H2. The Morgan fingerprint density at radius 2 is 2.53 bits per heavy atom. The summed E-state index contributed by atoms with van der Waals surface area (Å²) in [5.41, 5.74) is 0. The Labute approximate surface area is 92.5 Å². The number of morpholine rings is 1. The quantitative estimate of drug-likeness (QED) is 0.786. The van der Waals surface area contributed by atoms with Crippen LogP contribution in [0.15, 0.2) is 5.38 Å². The normalized spacial score (nSPS) is 31.7. The molecule has 0 saturated carbocycles. The van der Waals surface area contributed by atoms with Gasteiger partial charge in [-0.15, -0.1) is 11.3 Å². The van der Waals surface area contributed by atoms with E-state index in [9.17, 15) is 5.11 Å². The molecule has 2 saturated heterocycles. The van der Waals surface area contributed by atoms with Gasteiger partial charge in [0.2, 0.25) is 5.88 Å². The molecule has 0 radical (unpaired) electrons. The predicted molar refractivity (Wildman–Crippen MR) is 57.1 cm³/mol. The summed E-state index contributed by atoms with van der Waals surface area (Å²) in [6.45, 7) is 2.92. The molecule has 82 valence electrons. The van der Waals surface area contributed by atoms with Crippen molar-refractivity contribution in [1.29, 1.82) is 0 Å². The van der Waals surface area contributed by atoms with Crippen molar-refractivity contribution in [3.8, 4) is 5.88 Å². The molecular formula is C10H14N2O2S. The molecule has 1 aromatic heterocycles. The van der Waals surface area contributed by atoms with Crippen molar-refractivity contribution in [2.45, 2.75) is 25.0 Å². The molecule has 2 fully saturated rings. The first-order valence-corrected chi connectivity index (χ1v) is 6.21. The van der Waals surface area contributed by atoms with Gasteiger partial charge in [-0.2, -0.15) is 0 Å². The van der Waals surface area contributed by atoms with Crippen molar-refractivity contribution >= 4 is 11.3 Å².